The normalized spacial score (nSPS) is 61.6. The van der Waals surface area contributed by atoms with Crippen LogP contribution in [0.1, 0.15) is 32.6 Å². The van der Waals surface area contributed by atoms with Crippen molar-refractivity contribution in [2.75, 3.05) is 41.0 Å². The lowest BCUT2D eigenvalue weighted by molar-refractivity contribution is -0.272. The third-order valence-electron chi connectivity index (χ3n) is 11.1. The molecule has 1 aliphatic heterocycles. The van der Waals surface area contributed by atoms with E-state index in [1.807, 2.05) is 0 Å². The first-order valence-corrected chi connectivity index (χ1v) is 12.2. The fourth-order valence-electron chi connectivity index (χ4n) is 10.7. The number of likely N-dealkylation sites (tertiary alicyclic amines) is 1. The molecule has 176 valence electrons. The quantitative estimate of drug-likeness (QED) is 0.577. The highest BCUT2D eigenvalue weighted by molar-refractivity contribution is 5.35. The van der Waals surface area contributed by atoms with Crippen molar-refractivity contribution in [1.29, 1.82) is 0 Å². The van der Waals surface area contributed by atoms with Crippen LogP contribution in [0, 0.1) is 40.4 Å². The molecule has 7 bridgehead atoms. The molecule has 0 radical (unpaired) electrons. The van der Waals surface area contributed by atoms with Crippen LogP contribution in [-0.4, -0.2) is 97.3 Å². The fourth-order valence-corrected chi connectivity index (χ4v) is 10.7. The molecule has 7 nitrogen and oxygen atoms in total. The first kappa shape index (κ1) is 21.3. The van der Waals surface area contributed by atoms with Gasteiger partial charge in [0.1, 0.15) is 0 Å². The third kappa shape index (κ3) is 2.12. The molecule has 6 aliphatic rings. The van der Waals surface area contributed by atoms with E-state index in [1.54, 1.807) is 21.3 Å². The van der Waals surface area contributed by atoms with Crippen molar-refractivity contribution in [3.8, 4) is 0 Å². The van der Waals surface area contributed by atoms with Gasteiger partial charge >= 0.3 is 0 Å². The summed E-state index contributed by atoms with van der Waals surface area (Å²) in [6.07, 6.45) is 1.65. The second-order valence-corrected chi connectivity index (χ2v) is 11.6. The molecule has 6 rings (SSSR count). The first-order valence-electron chi connectivity index (χ1n) is 12.2. The predicted octanol–water partition coefficient (Wildman–Crippen LogP) is 0.502. The van der Waals surface area contributed by atoms with E-state index in [2.05, 4.69) is 11.8 Å². The van der Waals surface area contributed by atoms with Gasteiger partial charge in [0.15, 0.2) is 0 Å². The summed E-state index contributed by atoms with van der Waals surface area (Å²) in [4.78, 5) is 2.52. The number of fused-ring (bicyclic) bond motifs is 2. The van der Waals surface area contributed by atoms with Crippen LogP contribution >= 0.6 is 0 Å². The summed E-state index contributed by atoms with van der Waals surface area (Å²) in [5.41, 5.74) is -1.54. The number of piperidine rings is 1. The first-order chi connectivity index (χ1) is 14.9. The zero-order valence-electron chi connectivity index (χ0n) is 19.2. The Balaban J connectivity index is 1.62. The zero-order valence-corrected chi connectivity index (χ0v) is 19.2. The molecule has 5 aliphatic carbocycles. The monoisotopic (exact) mass is 437 g/mol. The van der Waals surface area contributed by atoms with Gasteiger partial charge in [0.25, 0.3) is 0 Å². The van der Waals surface area contributed by atoms with Crippen LogP contribution < -0.4 is 0 Å². The highest BCUT2D eigenvalue weighted by atomic mass is 16.5. The molecule has 3 N–H and O–H groups in total. The van der Waals surface area contributed by atoms with Gasteiger partial charge < -0.3 is 29.5 Å². The van der Waals surface area contributed by atoms with Crippen LogP contribution in [0.3, 0.4) is 0 Å². The molecule has 31 heavy (non-hydrogen) atoms. The van der Waals surface area contributed by atoms with Crippen molar-refractivity contribution in [2.24, 2.45) is 40.4 Å². The van der Waals surface area contributed by atoms with Crippen LogP contribution in [0.25, 0.3) is 0 Å². The lowest BCUT2D eigenvalue weighted by Gasteiger charge is -2.68. The molecule has 0 aromatic rings. The topological polar surface area (TPSA) is 91.6 Å². The molecule has 13 atom stereocenters. The van der Waals surface area contributed by atoms with Crippen LogP contribution in [-0.2, 0) is 14.2 Å². The van der Waals surface area contributed by atoms with Crippen LogP contribution in [0.5, 0.6) is 0 Å². The third-order valence-corrected chi connectivity index (χ3v) is 11.1. The second kappa shape index (κ2) is 6.65. The maximum Gasteiger partial charge on any atom is 0.0796 e. The van der Waals surface area contributed by atoms with Gasteiger partial charge in [-0.1, -0.05) is 6.92 Å². The Hall–Kier alpha value is -0.280. The summed E-state index contributed by atoms with van der Waals surface area (Å²) in [6.45, 7) is 4.63. The Kier molecular flexibility index (Phi) is 4.56. The Bertz CT molecular complexity index is 752. The van der Waals surface area contributed by atoms with Gasteiger partial charge in [0.05, 0.1) is 36.6 Å². The molecule has 0 unspecified atom stereocenters. The number of rotatable bonds is 5. The summed E-state index contributed by atoms with van der Waals surface area (Å²) in [5.74, 6) is -0.168. The largest absolute Gasteiger partial charge is 0.392 e. The van der Waals surface area contributed by atoms with Gasteiger partial charge in [-0.3, -0.25) is 4.90 Å². The van der Waals surface area contributed by atoms with Gasteiger partial charge in [-0.15, -0.1) is 0 Å². The van der Waals surface area contributed by atoms with E-state index in [1.165, 1.54) is 0 Å². The van der Waals surface area contributed by atoms with Gasteiger partial charge in [-0.2, -0.15) is 0 Å². The molecular formula is C24H39NO6. The highest BCUT2D eigenvalue weighted by Crippen LogP contribution is 2.79. The summed E-state index contributed by atoms with van der Waals surface area (Å²) in [7, 11) is 5.24. The van der Waals surface area contributed by atoms with Crippen LogP contribution in [0.4, 0.5) is 0 Å². The Morgan fingerprint density at radius 3 is 2.52 bits per heavy atom. The van der Waals surface area contributed by atoms with Crippen molar-refractivity contribution in [3.05, 3.63) is 0 Å². The maximum atomic E-state index is 12.5. The summed E-state index contributed by atoms with van der Waals surface area (Å²) in [6, 6.07) is 0.0561. The molecule has 1 heterocycles. The molecule has 6 fully saturated rings. The summed E-state index contributed by atoms with van der Waals surface area (Å²) >= 11 is 0. The average Bonchev–Trinajstić information content (AvgIpc) is 3.16. The van der Waals surface area contributed by atoms with E-state index < -0.39 is 17.8 Å². The number of ether oxygens (including phenoxy) is 3. The molecule has 0 aromatic heterocycles. The predicted molar refractivity (Wildman–Crippen MR) is 112 cm³/mol. The fraction of sp³-hybridized carbons (Fsp3) is 1.00. The Morgan fingerprint density at radius 2 is 1.87 bits per heavy atom. The lowest BCUT2D eigenvalue weighted by Crippen LogP contribution is -2.76. The van der Waals surface area contributed by atoms with Crippen molar-refractivity contribution in [2.45, 2.75) is 68.7 Å². The summed E-state index contributed by atoms with van der Waals surface area (Å²) < 4.78 is 18.0. The minimum atomic E-state index is -1.05. The number of hydrogen-bond donors (Lipinski definition) is 3. The zero-order chi connectivity index (χ0) is 21.9. The minimum absolute atomic E-state index is 0.0248. The minimum Gasteiger partial charge on any atom is -0.392 e. The molecule has 0 amide bonds. The van der Waals surface area contributed by atoms with E-state index in [4.69, 9.17) is 14.2 Å². The molecular weight excluding hydrogens is 398 g/mol. The average molecular weight is 438 g/mol. The Labute approximate surface area is 185 Å². The van der Waals surface area contributed by atoms with Gasteiger partial charge in [-0.25, -0.2) is 0 Å². The van der Waals surface area contributed by atoms with Crippen molar-refractivity contribution < 1.29 is 29.5 Å². The number of methoxy groups -OCH3 is 3. The summed E-state index contributed by atoms with van der Waals surface area (Å²) in [5, 5.41) is 35.7. The SMILES string of the molecule is CCN1C[C@]2(COC)CC[C@H](O)[C@@]34[C@@H]2[C@@H](OC)[C@@H]([C@@H]13)[C@]1(O)C[C@@H](OC)[C@@H]2C[C@H]4[C@H]1[C@H]2O. The number of hydrogen-bond acceptors (Lipinski definition) is 7. The number of nitrogens with zero attached hydrogens (tertiary/aromatic N) is 1. The van der Waals surface area contributed by atoms with E-state index in [9.17, 15) is 15.3 Å². The molecule has 1 spiro atoms. The molecule has 7 heteroatoms. The standard InChI is InChI=1S/C24H39NO6/c1-5-25-10-22(11-29-2)7-6-15(26)24-13-8-12-14(30-3)9-23(28,16(13)18(12)27)17(21(24)25)19(31-4)20(22)24/h12-21,26-28H,5-11H2,1-4H3/t12-,13-,14+,15-,16-,17-,18-,19-,20+,21+,22-,23-,24-/m0/s1. The highest BCUT2D eigenvalue weighted by Gasteiger charge is 2.86. The van der Waals surface area contributed by atoms with Crippen LogP contribution in [0.2, 0.25) is 0 Å². The maximum absolute atomic E-state index is 12.5. The molecule has 0 aromatic carbocycles. The molecule has 1 saturated heterocycles. The van der Waals surface area contributed by atoms with Gasteiger partial charge in [-0.05, 0) is 31.7 Å². The van der Waals surface area contributed by atoms with Crippen molar-refractivity contribution in [1.82, 2.24) is 4.90 Å². The lowest BCUT2D eigenvalue weighted by atomic mass is 9.43. The van der Waals surface area contributed by atoms with Crippen LogP contribution in [0.15, 0.2) is 0 Å². The van der Waals surface area contributed by atoms with E-state index in [0.717, 1.165) is 32.4 Å². The second-order valence-electron chi connectivity index (χ2n) is 11.6. The van der Waals surface area contributed by atoms with E-state index in [-0.39, 0.29) is 58.7 Å². The van der Waals surface area contributed by atoms with E-state index >= 15 is 0 Å². The molecule has 5 saturated carbocycles. The van der Waals surface area contributed by atoms with Crippen molar-refractivity contribution in [3.63, 3.8) is 0 Å². The number of aliphatic hydroxyl groups excluding tert-OH is 2. The Morgan fingerprint density at radius 1 is 1.10 bits per heavy atom. The number of aliphatic hydroxyl groups is 3. The van der Waals surface area contributed by atoms with Gasteiger partial charge in [0.2, 0.25) is 0 Å². The smallest absolute Gasteiger partial charge is 0.0796 e. The van der Waals surface area contributed by atoms with Gasteiger partial charge in [0, 0.05) is 74.8 Å². The van der Waals surface area contributed by atoms with E-state index in [0.29, 0.717) is 13.0 Å². The van der Waals surface area contributed by atoms with Crippen molar-refractivity contribution >= 4 is 0 Å².